The minimum atomic E-state index is -0.582. The Labute approximate surface area is 131 Å². The van der Waals surface area contributed by atoms with Crippen molar-refractivity contribution < 1.29 is 9.18 Å². The highest BCUT2D eigenvalue weighted by Gasteiger charge is 2.14. The Hall–Kier alpha value is -3.22. The van der Waals surface area contributed by atoms with E-state index in [4.69, 9.17) is 0 Å². The number of halogens is 1. The summed E-state index contributed by atoms with van der Waals surface area (Å²) in [4.78, 5) is 15.7. The first-order valence-electron chi connectivity index (χ1n) is 6.91. The molecule has 23 heavy (non-hydrogen) atoms. The molecule has 0 atom stereocenters. The van der Waals surface area contributed by atoms with E-state index in [0.717, 1.165) is 5.56 Å². The normalized spacial score (nSPS) is 10.3. The fourth-order valence-electron chi connectivity index (χ4n) is 2.07. The van der Waals surface area contributed by atoms with Crippen molar-refractivity contribution in [3.05, 3.63) is 66.4 Å². The van der Waals surface area contributed by atoms with Crippen LogP contribution in [0.4, 0.5) is 10.1 Å². The van der Waals surface area contributed by atoms with Crippen LogP contribution in [0.5, 0.6) is 0 Å². The van der Waals surface area contributed by atoms with Crippen molar-refractivity contribution in [1.29, 1.82) is 0 Å². The van der Waals surface area contributed by atoms with Gasteiger partial charge in [-0.1, -0.05) is 30.3 Å². The van der Waals surface area contributed by atoms with Crippen molar-refractivity contribution in [1.82, 2.24) is 20.2 Å². The number of hydrogen-bond acceptors (Lipinski definition) is 4. The maximum absolute atomic E-state index is 12.7. The van der Waals surface area contributed by atoms with Crippen LogP contribution in [-0.4, -0.2) is 20.7 Å². The van der Waals surface area contributed by atoms with Gasteiger partial charge in [0.1, 0.15) is 5.69 Å². The fraction of sp³-hybridized carbons (Fsp3) is 0.0625. The van der Waals surface area contributed by atoms with Crippen molar-refractivity contribution in [3.63, 3.8) is 0 Å². The molecule has 3 aromatic rings. The summed E-state index contributed by atoms with van der Waals surface area (Å²) in [5, 5.41) is 4.33. The van der Waals surface area contributed by atoms with Gasteiger partial charge in [-0.3, -0.25) is 20.3 Å². The van der Waals surface area contributed by atoms with Gasteiger partial charge in [0, 0.05) is 12.6 Å². The predicted octanol–water partition coefficient (Wildman–Crippen LogP) is 2.38. The number of carbonyl (C=O) groups excluding carboxylic acids is 1. The number of hydrogen-bond donors (Lipinski definition) is 2. The van der Waals surface area contributed by atoms with Crippen LogP contribution in [0.2, 0.25) is 0 Å². The highest BCUT2D eigenvalue weighted by molar-refractivity contribution is 5.94. The molecule has 0 aliphatic rings. The number of anilines is 1. The van der Waals surface area contributed by atoms with Gasteiger partial charge >= 0.3 is 0 Å². The lowest BCUT2D eigenvalue weighted by molar-refractivity contribution is 0.0953. The Morgan fingerprint density at radius 1 is 1.17 bits per heavy atom. The predicted molar refractivity (Wildman–Crippen MR) is 83.9 cm³/mol. The molecule has 1 aromatic carbocycles. The summed E-state index contributed by atoms with van der Waals surface area (Å²) in [5.41, 5.74) is 7.72. The molecular formula is C16H14FN5O. The maximum Gasteiger partial charge on any atom is 0.287 e. The molecule has 0 fully saturated rings. The molecule has 6 nitrogen and oxygen atoms in total. The maximum atomic E-state index is 12.7. The zero-order chi connectivity index (χ0) is 16.2. The standard InChI is InChI=1S/C16H14FN5O/c1-22-14(9-13(21-22)11-5-3-2-4-6-11)16(23)20-19-12-7-8-15(17)18-10-12/h2-10,19H,1H3,(H,20,23). The number of nitrogens with one attached hydrogen (secondary N) is 2. The smallest absolute Gasteiger partial charge is 0.287 e. The quantitative estimate of drug-likeness (QED) is 0.573. The van der Waals surface area contributed by atoms with Crippen LogP contribution in [-0.2, 0) is 7.05 Å². The number of rotatable bonds is 4. The summed E-state index contributed by atoms with van der Waals surface area (Å²) < 4.78 is 14.2. The van der Waals surface area contributed by atoms with Gasteiger partial charge in [-0.2, -0.15) is 9.49 Å². The SMILES string of the molecule is Cn1nc(-c2ccccc2)cc1C(=O)NNc1ccc(F)nc1. The van der Waals surface area contributed by atoms with Gasteiger partial charge in [0.2, 0.25) is 5.95 Å². The molecule has 2 N–H and O–H groups in total. The molecule has 7 heteroatoms. The van der Waals surface area contributed by atoms with E-state index in [1.165, 1.54) is 23.0 Å². The molecule has 0 saturated heterocycles. The topological polar surface area (TPSA) is 71.8 Å². The van der Waals surface area contributed by atoms with Crippen molar-refractivity contribution >= 4 is 11.6 Å². The van der Waals surface area contributed by atoms with Gasteiger partial charge < -0.3 is 0 Å². The molecule has 0 bridgehead atoms. The largest absolute Gasteiger partial charge is 0.297 e. The average molecular weight is 311 g/mol. The van der Waals surface area contributed by atoms with Crippen molar-refractivity contribution in [3.8, 4) is 11.3 Å². The molecule has 2 heterocycles. The minimum Gasteiger partial charge on any atom is -0.297 e. The number of benzene rings is 1. The molecule has 0 saturated carbocycles. The van der Waals surface area contributed by atoms with Crippen LogP contribution < -0.4 is 10.9 Å². The number of hydrazine groups is 1. The molecule has 0 aliphatic carbocycles. The van der Waals surface area contributed by atoms with Crippen molar-refractivity contribution in [2.24, 2.45) is 7.05 Å². The van der Waals surface area contributed by atoms with Crippen LogP contribution in [0.25, 0.3) is 11.3 Å². The van der Waals surface area contributed by atoms with Gasteiger partial charge in [-0.05, 0) is 18.2 Å². The highest BCUT2D eigenvalue weighted by atomic mass is 19.1. The number of aryl methyl sites for hydroxylation is 1. The Balaban J connectivity index is 1.72. The zero-order valence-electron chi connectivity index (χ0n) is 12.3. The van der Waals surface area contributed by atoms with Crippen molar-refractivity contribution in [2.45, 2.75) is 0 Å². The monoisotopic (exact) mass is 311 g/mol. The molecule has 0 unspecified atom stereocenters. The third kappa shape index (κ3) is 3.34. The number of amides is 1. The summed E-state index contributed by atoms with van der Waals surface area (Å²) >= 11 is 0. The van der Waals surface area contributed by atoms with E-state index in [1.54, 1.807) is 13.1 Å². The summed E-state index contributed by atoms with van der Waals surface area (Å²) in [6, 6.07) is 14.0. The third-order valence-electron chi connectivity index (χ3n) is 3.23. The van der Waals surface area contributed by atoms with E-state index >= 15 is 0 Å². The Bertz CT molecular complexity index is 814. The van der Waals surface area contributed by atoms with E-state index in [9.17, 15) is 9.18 Å². The average Bonchev–Trinajstić information content (AvgIpc) is 2.97. The third-order valence-corrected chi connectivity index (χ3v) is 3.23. The lowest BCUT2D eigenvalue weighted by atomic mass is 10.1. The Morgan fingerprint density at radius 2 is 1.96 bits per heavy atom. The summed E-state index contributed by atoms with van der Waals surface area (Å²) in [5.74, 6) is -0.937. The second kappa shape index (κ2) is 6.27. The van der Waals surface area contributed by atoms with E-state index in [2.05, 4.69) is 20.9 Å². The second-order valence-electron chi connectivity index (χ2n) is 4.85. The van der Waals surface area contributed by atoms with Crippen LogP contribution >= 0.6 is 0 Å². The van der Waals surface area contributed by atoms with Crippen LogP contribution in [0, 0.1) is 5.95 Å². The molecule has 116 valence electrons. The van der Waals surface area contributed by atoms with E-state index in [-0.39, 0.29) is 5.91 Å². The lowest BCUT2D eigenvalue weighted by Gasteiger charge is -2.07. The van der Waals surface area contributed by atoms with Crippen LogP contribution in [0.15, 0.2) is 54.7 Å². The molecule has 0 radical (unpaired) electrons. The van der Waals surface area contributed by atoms with Gasteiger partial charge in [0.15, 0.2) is 0 Å². The second-order valence-corrected chi connectivity index (χ2v) is 4.85. The highest BCUT2D eigenvalue weighted by Crippen LogP contribution is 2.18. The number of pyridine rings is 1. The minimum absolute atomic E-state index is 0.355. The number of nitrogens with zero attached hydrogens (tertiary/aromatic N) is 3. The first kappa shape index (κ1) is 14.7. The van der Waals surface area contributed by atoms with Gasteiger partial charge in [0.05, 0.1) is 17.6 Å². The van der Waals surface area contributed by atoms with Gasteiger partial charge in [-0.25, -0.2) is 4.98 Å². The Morgan fingerprint density at radius 3 is 2.65 bits per heavy atom. The molecular weight excluding hydrogens is 297 g/mol. The molecule has 3 rings (SSSR count). The van der Waals surface area contributed by atoms with E-state index in [0.29, 0.717) is 17.1 Å². The lowest BCUT2D eigenvalue weighted by Crippen LogP contribution is -2.30. The first-order chi connectivity index (χ1) is 11.1. The molecule has 0 aliphatic heterocycles. The molecule has 2 aromatic heterocycles. The Kier molecular flexibility index (Phi) is 4.01. The van der Waals surface area contributed by atoms with Crippen molar-refractivity contribution in [2.75, 3.05) is 5.43 Å². The molecule has 1 amide bonds. The van der Waals surface area contributed by atoms with E-state index in [1.807, 2.05) is 30.3 Å². The number of aromatic nitrogens is 3. The van der Waals surface area contributed by atoms with E-state index < -0.39 is 5.95 Å². The van der Waals surface area contributed by atoms with Gasteiger partial charge in [0.25, 0.3) is 5.91 Å². The summed E-state index contributed by atoms with van der Waals surface area (Å²) in [6.07, 6.45) is 1.29. The summed E-state index contributed by atoms with van der Waals surface area (Å²) in [7, 11) is 1.70. The van der Waals surface area contributed by atoms with Crippen LogP contribution in [0.3, 0.4) is 0 Å². The van der Waals surface area contributed by atoms with Crippen LogP contribution in [0.1, 0.15) is 10.5 Å². The fourth-order valence-corrected chi connectivity index (χ4v) is 2.07. The summed E-state index contributed by atoms with van der Waals surface area (Å²) in [6.45, 7) is 0. The first-order valence-corrected chi connectivity index (χ1v) is 6.91. The number of carbonyl (C=O) groups is 1. The van der Waals surface area contributed by atoms with Gasteiger partial charge in [-0.15, -0.1) is 0 Å². The zero-order valence-corrected chi connectivity index (χ0v) is 12.3. The molecule has 0 spiro atoms.